The predicted molar refractivity (Wildman–Crippen MR) is 67.1 cm³/mol. The van der Waals surface area contributed by atoms with Crippen LogP contribution in [0, 0.1) is 0 Å². The van der Waals surface area contributed by atoms with Gasteiger partial charge >= 0.3 is 0 Å². The highest BCUT2D eigenvalue weighted by Crippen LogP contribution is 2.29. The summed E-state index contributed by atoms with van der Waals surface area (Å²) in [6.45, 7) is 0.633. The van der Waals surface area contributed by atoms with E-state index < -0.39 is 0 Å². The second kappa shape index (κ2) is 7.33. The Morgan fingerprint density at radius 1 is 1.44 bits per heavy atom. The van der Waals surface area contributed by atoms with Crippen LogP contribution in [0.3, 0.4) is 0 Å². The van der Waals surface area contributed by atoms with E-state index in [9.17, 15) is 5.11 Å². The van der Waals surface area contributed by atoms with Gasteiger partial charge in [-0.05, 0) is 25.5 Å². The van der Waals surface area contributed by atoms with Crippen LogP contribution in [0.25, 0.3) is 0 Å². The SMILES string of the molecule is COc1cc(O)ccc1[C@H](N)CCCN.Cl. The summed E-state index contributed by atoms with van der Waals surface area (Å²) in [6, 6.07) is 4.87. The highest BCUT2D eigenvalue weighted by Gasteiger charge is 2.11. The van der Waals surface area contributed by atoms with E-state index in [1.54, 1.807) is 25.3 Å². The van der Waals surface area contributed by atoms with Gasteiger partial charge in [0.2, 0.25) is 0 Å². The van der Waals surface area contributed by atoms with Crippen molar-refractivity contribution >= 4 is 12.4 Å². The molecule has 0 saturated heterocycles. The van der Waals surface area contributed by atoms with E-state index in [4.69, 9.17) is 16.2 Å². The Bertz CT molecular complexity index is 321. The molecule has 0 bridgehead atoms. The van der Waals surface area contributed by atoms with Gasteiger partial charge in [-0.2, -0.15) is 0 Å². The molecule has 5 heteroatoms. The molecule has 0 aliphatic carbocycles. The van der Waals surface area contributed by atoms with E-state index in [0.717, 1.165) is 18.4 Å². The molecule has 1 aromatic rings. The number of phenols is 1. The molecule has 1 atom stereocenters. The monoisotopic (exact) mass is 246 g/mol. The summed E-state index contributed by atoms with van der Waals surface area (Å²) >= 11 is 0. The number of aromatic hydroxyl groups is 1. The summed E-state index contributed by atoms with van der Waals surface area (Å²) in [5, 5.41) is 9.29. The van der Waals surface area contributed by atoms with E-state index in [1.165, 1.54) is 0 Å². The average molecular weight is 247 g/mol. The van der Waals surface area contributed by atoms with Crippen LogP contribution in [0.15, 0.2) is 18.2 Å². The Hall–Kier alpha value is -0.970. The van der Waals surface area contributed by atoms with Crippen molar-refractivity contribution in [1.82, 2.24) is 0 Å². The number of nitrogens with two attached hydrogens (primary N) is 2. The van der Waals surface area contributed by atoms with Gasteiger partial charge in [-0.1, -0.05) is 6.07 Å². The van der Waals surface area contributed by atoms with Gasteiger partial charge in [0.05, 0.1) is 7.11 Å². The van der Waals surface area contributed by atoms with Crippen molar-refractivity contribution in [3.63, 3.8) is 0 Å². The van der Waals surface area contributed by atoms with Crippen molar-refractivity contribution in [3.8, 4) is 11.5 Å². The molecule has 5 N–H and O–H groups in total. The van der Waals surface area contributed by atoms with Gasteiger partial charge in [-0.15, -0.1) is 12.4 Å². The van der Waals surface area contributed by atoms with Crippen molar-refractivity contribution in [2.24, 2.45) is 11.5 Å². The number of phenolic OH excluding ortho intramolecular Hbond substituents is 1. The highest BCUT2D eigenvalue weighted by molar-refractivity contribution is 5.85. The minimum atomic E-state index is -0.0934. The Labute approximate surface area is 102 Å². The van der Waals surface area contributed by atoms with Gasteiger partial charge in [0.1, 0.15) is 11.5 Å². The molecule has 92 valence electrons. The lowest BCUT2D eigenvalue weighted by Crippen LogP contribution is -2.13. The first kappa shape index (κ1) is 15.0. The molecule has 0 heterocycles. The maximum atomic E-state index is 9.29. The maximum absolute atomic E-state index is 9.29. The zero-order chi connectivity index (χ0) is 11.3. The number of hydrogen-bond donors (Lipinski definition) is 3. The molecule has 1 rings (SSSR count). The number of methoxy groups -OCH3 is 1. The Kier molecular flexibility index (Phi) is 6.88. The van der Waals surface area contributed by atoms with E-state index in [1.807, 2.05) is 0 Å². The smallest absolute Gasteiger partial charge is 0.127 e. The Balaban J connectivity index is 0.00000225. The zero-order valence-electron chi connectivity index (χ0n) is 9.35. The van der Waals surface area contributed by atoms with Gasteiger partial charge in [0.25, 0.3) is 0 Å². The number of rotatable bonds is 5. The number of benzene rings is 1. The quantitative estimate of drug-likeness (QED) is 0.737. The second-order valence-corrected chi connectivity index (χ2v) is 3.46. The van der Waals surface area contributed by atoms with Crippen LogP contribution in [0.2, 0.25) is 0 Å². The molecule has 0 amide bonds. The fourth-order valence-corrected chi connectivity index (χ4v) is 1.50. The summed E-state index contributed by atoms with van der Waals surface area (Å²) in [7, 11) is 1.56. The fourth-order valence-electron chi connectivity index (χ4n) is 1.50. The lowest BCUT2D eigenvalue weighted by atomic mass is 10.0. The molecule has 1 aromatic carbocycles. The van der Waals surface area contributed by atoms with E-state index in [-0.39, 0.29) is 24.2 Å². The highest BCUT2D eigenvalue weighted by atomic mass is 35.5. The number of ether oxygens (including phenoxy) is 1. The minimum absolute atomic E-state index is 0. The summed E-state index contributed by atoms with van der Waals surface area (Å²) in [6.07, 6.45) is 1.70. The van der Waals surface area contributed by atoms with Crippen LogP contribution in [-0.4, -0.2) is 18.8 Å². The lowest BCUT2D eigenvalue weighted by molar-refractivity contribution is 0.397. The summed E-state index contributed by atoms with van der Waals surface area (Å²) in [5.41, 5.74) is 12.3. The molecular weight excluding hydrogens is 228 g/mol. The molecular formula is C11H19ClN2O2. The molecule has 0 radical (unpaired) electrons. The van der Waals surface area contributed by atoms with Crippen LogP contribution in [-0.2, 0) is 0 Å². The van der Waals surface area contributed by atoms with Crippen LogP contribution < -0.4 is 16.2 Å². The zero-order valence-corrected chi connectivity index (χ0v) is 10.2. The van der Waals surface area contributed by atoms with E-state index >= 15 is 0 Å². The molecule has 0 saturated carbocycles. The molecule has 16 heavy (non-hydrogen) atoms. The standard InChI is InChI=1S/C11H18N2O2.ClH/c1-15-11-7-8(14)4-5-9(11)10(13)3-2-6-12;/h4-5,7,10,14H,2-3,6,12-13H2,1H3;1H/t10-;/m1./s1. The number of halogens is 1. The van der Waals surface area contributed by atoms with Crippen molar-refractivity contribution < 1.29 is 9.84 Å². The van der Waals surface area contributed by atoms with Gasteiger partial charge in [-0.25, -0.2) is 0 Å². The molecule has 0 aliphatic heterocycles. The summed E-state index contributed by atoms with van der Waals surface area (Å²) in [4.78, 5) is 0. The molecule has 0 spiro atoms. The van der Waals surface area contributed by atoms with E-state index in [0.29, 0.717) is 12.3 Å². The first-order valence-electron chi connectivity index (χ1n) is 5.01. The van der Waals surface area contributed by atoms with Crippen molar-refractivity contribution in [2.45, 2.75) is 18.9 Å². The minimum Gasteiger partial charge on any atom is -0.508 e. The Morgan fingerprint density at radius 2 is 2.12 bits per heavy atom. The first-order valence-corrected chi connectivity index (χ1v) is 5.01. The van der Waals surface area contributed by atoms with Crippen LogP contribution in [0.1, 0.15) is 24.4 Å². The van der Waals surface area contributed by atoms with Crippen LogP contribution in [0.5, 0.6) is 11.5 Å². The van der Waals surface area contributed by atoms with Gasteiger partial charge < -0.3 is 21.3 Å². The summed E-state index contributed by atoms with van der Waals surface area (Å²) < 4.78 is 5.16. The predicted octanol–water partition coefficient (Wildman–Crippen LogP) is 1.56. The van der Waals surface area contributed by atoms with Crippen molar-refractivity contribution in [2.75, 3.05) is 13.7 Å². The third-order valence-corrected chi connectivity index (χ3v) is 2.34. The normalized spacial score (nSPS) is 11.7. The average Bonchev–Trinajstić information content (AvgIpc) is 2.25. The van der Waals surface area contributed by atoms with Gasteiger partial charge in [0.15, 0.2) is 0 Å². The first-order chi connectivity index (χ1) is 7.19. The molecule has 0 aromatic heterocycles. The van der Waals surface area contributed by atoms with Gasteiger partial charge in [0, 0.05) is 17.7 Å². The molecule has 0 fully saturated rings. The molecule has 0 aliphatic rings. The second-order valence-electron chi connectivity index (χ2n) is 3.46. The summed E-state index contributed by atoms with van der Waals surface area (Å²) in [5.74, 6) is 0.807. The van der Waals surface area contributed by atoms with Gasteiger partial charge in [-0.3, -0.25) is 0 Å². The lowest BCUT2D eigenvalue weighted by Gasteiger charge is -2.15. The fraction of sp³-hybridized carbons (Fsp3) is 0.455. The van der Waals surface area contributed by atoms with Crippen molar-refractivity contribution in [1.29, 1.82) is 0 Å². The topological polar surface area (TPSA) is 81.5 Å². The van der Waals surface area contributed by atoms with Crippen molar-refractivity contribution in [3.05, 3.63) is 23.8 Å². The third-order valence-electron chi connectivity index (χ3n) is 2.34. The number of hydrogen-bond acceptors (Lipinski definition) is 4. The van der Waals surface area contributed by atoms with Crippen LogP contribution >= 0.6 is 12.4 Å². The van der Waals surface area contributed by atoms with E-state index in [2.05, 4.69) is 0 Å². The largest absolute Gasteiger partial charge is 0.508 e. The van der Waals surface area contributed by atoms with Crippen LogP contribution in [0.4, 0.5) is 0 Å². The third kappa shape index (κ3) is 3.89. The Morgan fingerprint density at radius 3 is 2.69 bits per heavy atom. The molecule has 4 nitrogen and oxygen atoms in total. The molecule has 0 unspecified atom stereocenters. The maximum Gasteiger partial charge on any atom is 0.127 e.